The van der Waals surface area contributed by atoms with Crippen molar-refractivity contribution in [3.05, 3.63) is 46.1 Å². The average molecular weight is 414 g/mol. The molecule has 9 nitrogen and oxygen atoms in total. The number of Topliss-reactive ketones (excluding diaryl/α,β-unsaturated/α-hetero) is 1. The Morgan fingerprint density at radius 1 is 0.933 bits per heavy atom. The van der Waals surface area contributed by atoms with E-state index in [0.717, 1.165) is 12.1 Å². The van der Waals surface area contributed by atoms with Gasteiger partial charge >= 0.3 is 0 Å². The summed E-state index contributed by atoms with van der Waals surface area (Å²) >= 11 is 0. The second-order valence-corrected chi connectivity index (χ2v) is 7.16. The summed E-state index contributed by atoms with van der Waals surface area (Å²) < 4.78 is 11.5. The molecule has 1 aromatic heterocycles. The first-order chi connectivity index (χ1) is 14.2. The lowest BCUT2D eigenvalue weighted by Crippen LogP contribution is -2.40. The van der Waals surface area contributed by atoms with Gasteiger partial charge in [-0.15, -0.1) is 0 Å². The molecule has 4 rings (SSSR count). The van der Waals surface area contributed by atoms with E-state index in [1.165, 1.54) is 25.1 Å². The molecule has 3 aromatic rings. The van der Waals surface area contributed by atoms with Gasteiger partial charge in [-0.25, -0.2) is 0 Å². The molecule has 0 saturated carbocycles. The fourth-order valence-electron chi connectivity index (χ4n) is 3.57. The third kappa shape index (κ3) is 3.14. The highest BCUT2D eigenvalue weighted by molar-refractivity contribution is 5.91. The summed E-state index contributed by atoms with van der Waals surface area (Å²) in [6.07, 6.45) is -3.46. The van der Waals surface area contributed by atoms with Gasteiger partial charge in [0.05, 0.1) is 17.8 Å². The summed E-state index contributed by atoms with van der Waals surface area (Å²) in [5.74, 6) is -2.27. The molecule has 3 atom stereocenters. The van der Waals surface area contributed by atoms with Gasteiger partial charge in [0, 0.05) is 24.1 Å². The lowest BCUT2D eigenvalue weighted by Gasteiger charge is -2.31. The van der Waals surface area contributed by atoms with Crippen LogP contribution in [0.15, 0.2) is 39.5 Å². The molecule has 2 aromatic carbocycles. The molecule has 0 unspecified atom stereocenters. The van der Waals surface area contributed by atoms with Gasteiger partial charge < -0.3 is 34.7 Å². The highest BCUT2D eigenvalue weighted by atomic mass is 16.5. The number of hydrogen-bond donors (Lipinski definition) is 5. The number of hydrogen-bond acceptors (Lipinski definition) is 9. The van der Waals surface area contributed by atoms with Crippen molar-refractivity contribution in [1.82, 2.24) is 0 Å². The Kier molecular flexibility index (Phi) is 4.64. The minimum absolute atomic E-state index is 0.00994. The van der Waals surface area contributed by atoms with Crippen molar-refractivity contribution in [2.24, 2.45) is 0 Å². The first-order valence-electron chi connectivity index (χ1n) is 9.08. The number of aromatic hydroxyl groups is 4. The monoisotopic (exact) mass is 414 g/mol. The molecule has 0 bridgehead atoms. The number of ether oxygens (including phenoxy) is 1. The Bertz CT molecular complexity index is 1230. The lowest BCUT2D eigenvalue weighted by atomic mass is 9.93. The van der Waals surface area contributed by atoms with Crippen LogP contribution in [0.25, 0.3) is 22.3 Å². The zero-order valence-electron chi connectivity index (χ0n) is 15.7. The number of carbonyl (C=O) groups excluding carboxylic acids is 1. The molecule has 156 valence electrons. The van der Waals surface area contributed by atoms with Crippen LogP contribution in [0.3, 0.4) is 0 Å². The zero-order valence-corrected chi connectivity index (χ0v) is 15.7. The van der Waals surface area contributed by atoms with Gasteiger partial charge in [0.15, 0.2) is 28.3 Å². The quantitative estimate of drug-likeness (QED) is 0.396. The number of carbonyl (C=O) groups is 1. The molecular weight excluding hydrogens is 396 g/mol. The largest absolute Gasteiger partial charge is 0.507 e. The van der Waals surface area contributed by atoms with Crippen LogP contribution in [0.1, 0.15) is 25.0 Å². The average Bonchev–Trinajstić information content (AvgIpc) is 2.67. The van der Waals surface area contributed by atoms with Gasteiger partial charge in [0.2, 0.25) is 0 Å². The predicted octanol–water partition coefficient (Wildman–Crippen LogP) is 2.06. The minimum atomic E-state index is -1.31. The highest BCUT2D eigenvalue weighted by Crippen LogP contribution is 2.43. The van der Waals surface area contributed by atoms with Crippen molar-refractivity contribution in [2.45, 2.75) is 31.7 Å². The second kappa shape index (κ2) is 7.05. The molecule has 1 fully saturated rings. The van der Waals surface area contributed by atoms with E-state index in [2.05, 4.69) is 0 Å². The van der Waals surface area contributed by atoms with Gasteiger partial charge in [0.25, 0.3) is 0 Å². The Hall–Kier alpha value is -3.56. The van der Waals surface area contributed by atoms with E-state index in [0.29, 0.717) is 0 Å². The smallest absolute Gasteiger partial charge is 0.197 e. The van der Waals surface area contributed by atoms with Gasteiger partial charge in [-0.2, -0.15) is 0 Å². The Morgan fingerprint density at radius 2 is 1.67 bits per heavy atom. The molecule has 0 aliphatic carbocycles. The van der Waals surface area contributed by atoms with Crippen molar-refractivity contribution in [1.29, 1.82) is 0 Å². The molecule has 9 heteroatoms. The standard InChI is InChI=1S/C21H18O9/c1-8-20(28)15(27)7-17(29-8)19-13(25)5-12(24)18-14(26)6-16(30-21(18)19)9-2-3-10(22)11(23)4-9/h2-6,8,17,20,22-25,28H,7H2,1H3/t8-,17-,20-/m0/s1. The molecule has 0 spiro atoms. The van der Waals surface area contributed by atoms with E-state index in [9.17, 15) is 35.1 Å². The van der Waals surface area contributed by atoms with Gasteiger partial charge in [-0.1, -0.05) is 0 Å². The van der Waals surface area contributed by atoms with E-state index in [-0.39, 0.29) is 40.0 Å². The number of phenols is 4. The molecule has 1 aliphatic heterocycles. The van der Waals surface area contributed by atoms with Crippen LogP contribution < -0.4 is 5.43 Å². The van der Waals surface area contributed by atoms with Crippen molar-refractivity contribution in [3.8, 4) is 34.3 Å². The van der Waals surface area contributed by atoms with Gasteiger partial charge in [0.1, 0.15) is 28.7 Å². The van der Waals surface area contributed by atoms with Crippen LogP contribution in [0.5, 0.6) is 23.0 Å². The Morgan fingerprint density at radius 3 is 2.33 bits per heavy atom. The molecule has 1 saturated heterocycles. The number of rotatable bonds is 2. The summed E-state index contributed by atoms with van der Waals surface area (Å²) in [5, 5.41) is 49.5. The topological polar surface area (TPSA) is 158 Å². The minimum Gasteiger partial charge on any atom is -0.507 e. The lowest BCUT2D eigenvalue weighted by molar-refractivity contribution is -0.155. The van der Waals surface area contributed by atoms with Crippen LogP contribution in [0, 0.1) is 0 Å². The van der Waals surface area contributed by atoms with Crippen LogP contribution in [0.2, 0.25) is 0 Å². The number of aliphatic hydroxyl groups is 1. The molecule has 1 aliphatic rings. The van der Waals surface area contributed by atoms with E-state index in [1.807, 2.05) is 0 Å². The van der Waals surface area contributed by atoms with Crippen LogP contribution >= 0.6 is 0 Å². The number of phenolic OH excluding ortho intramolecular Hbond substituents is 4. The first kappa shape index (κ1) is 19.7. The van der Waals surface area contributed by atoms with Crippen molar-refractivity contribution in [2.75, 3.05) is 0 Å². The summed E-state index contributed by atoms with van der Waals surface area (Å²) in [7, 11) is 0. The van der Waals surface area contributed by atoms with Crippen molar-refractivity contribution < 1.29 is 39.5 Å². The fraction of sp³-hybridized carbons (Fsp3) is 0.238. The molecule has 5 N–H and O–H groups in total. The second-order valence-electron chi connectivity index (χ2n) is 7.16. The number of fused-ring (bicyclic) bond motifs is 1. The molecule has 0 radical (unpaired) electrons. The highest BCUT2D eigenvalue weighted by Gasteiger charge is 2.37. The number of aliphatic hydroxyl groups excluding tert-OH is 1. The fourth-order valence-corrected chi connectivity index (χ4v) is 3.57. The maximum absolute atomic E-state index is 12.7. The number of benzene rings is 2. The maximum atomic E-state index is 12.7. The molecule has 30 heavy (non-hydrogen) atoms. The first-order valence-corrected chi connectivity index (χ1v) is 9.08. The third-order valence-electron chi connectivity index (χ3n) is 5.12. The molecule has 0 amide bonds. The normalized spacial score (nSPS) is 21.8. The maximum Gasteiger partial charge on any atom is 0.197 e. The zero-order chi connectivity index (χ0) is 21.7. The summed E-state index contributed by atoms with van der Waals surface area (Å²) in [5.41, 5.74) is -0.587. The van der Waals surface area contributed by atoms with Crippen molar-refractivity contribution in [3.63, 3.8) is 0 Å². The van der Waals surface area contributed by atoms with E-state index >= 15 is 0 Å². The predicted molar refractivity (Wildman–Crippen MR) is 103 cm³/mol. The van der Waals surface area contributed by atoms with E-state index in [4.69, 9.17) is 9.15 Å². The van der Waals surface area contributed by atoms with E-state index in [1.54, 1.807) is 0 Å². The Labute approximate surface area is 169 Å². The summed E-state index contributed by atoms with van der Waals surface area (Å²) in [6.45, 7) is 1.50. The third-order valence-corrected chi connectivity index (χ3v) is 5.12. The van der Waals surface area contributed by atoms with E-state index < -0.39 is 46.8 Å². The van der Waals surface area contributed by atoms with Crippen LogP contribution in [-0.2, 0) is 9.53 Å². The summed E-state index contributed by atoms with van der Waals surface area (Å²) in [4.78, 5) is 24.8. The Balaban J connectivity index is 1.96. The van der Waals surface area contributed by atoms with Crippen molar-refractivity contribution >= 4 is 16.8 Å². The number of ketones is 1. The van der Waals surface area contributed by atoms with Gasteiger partial charge in [-0.05, 0) is 25.1 Å². The van der Waals surface area contributed by atoms with Crippen LogP contribution in [0.4, 0.5) is 0 Å². The van der Waals surface area contributed by atoms with Crippen LogP contribution in [-0.4, -0.2) is 43.5 Å². The SMILES string of the molecule is C[C@@H]1O[C@H](c2c(O)cc(O)c3c(=O)cc(-c4ccc(O)c(O)c4)oc23)CC(=O)[C@H]1O. The molecular formula is C21H18O9. The summed E-state index contributed by atoms with van der Waals surface area (Å²) in [6, 6.07) is 5.85. The van der Waals surface area contributed by atoms with Gasteiger partial charge in [-0.3, -0.25) is 9.59 Å². The molecule has 2 heterocycles.